The normalized spacial score (nSPS) is 12.3. The number of fused-ring (bicyclic) bond motifs is 1. The Labute approximate surface area is 157 Å². The number of hydrogen-bond donors (Lipinski definition) is 1. The molecule has 7 heteroatoms. The van der Waals surface area contributed by atoms with Crippen LogP contribution in [0.3, 0.4) is 0 Å². The highest BCUT2D eigenvalue weighted by Crippen LogP contribution is 2.33. The molecule has 3 rings (SSSR count). The minimum Gasteiger partial charge on any atom is -0.464 e. The van der Waals surface area contributed by atoms with Crippen LogP contribution in [-0.2, 0) is 15.9 Å². The van der Waals surface area contributed by atoms with Gasteiger partial charge in [-0.2, -0.15) is 0 Å². The fourth-order valence-electron chi connectivity index (χ4n) is 2.64. The van der Waals surface area contributed by atoms with Gasteiger partial charge in [-0.15, -0.1) is 0 Å². The molecule has 2 aromatic carbocycles. The van der Waals surface area contributed by atoms with Crippen molar-refractivity contribution in [2.45, 2.75) is 19.4 Å². The maximum atomic E-state index is 10.7. The summed E-state index contributed by atoms with van der Waals surface area (Å²) >= 11 is 0. The number of rotatable bonds is 9. The van der Waals surface area contributed by atoms with E-state index in [2.05, 4.69) is 11.9 Å². The Balaban J connectivity index is 1.89. The smallest absolute Gasteiger partial charge is 0.229 e. The number of nitrogens with zero attached hydrogens (tertiary/aromatic N) is 1. The molecule has 27 heavy (non-hydrogen) atoms. The number of benzene rings is 2. The van der Waals surface area contributed by atoms with E-state index in [1.165, 1.54) is 14.2 Å². The van der Waals surface area contributed by atoms with E-state index < -0.39 is 6.10 Å². The zero-order valence-electron chi connectivity index (χ0n) is 15.6. The Morgan fingerprint density at radius 2 is 1.74 bits per heavy atom. The molecule has 1 heterocycles. The SMILES string of the molecule is CCc1ccc2nc(C(O)c3ccc(OCOC)c(OCOC)c3)oc2c1. The van der Waals surface area contributed by atoms with Crippen molar-refractivity contribution in [3.05, 3.63) is 53.4 Å². The summed E-state index contributed by atoms with van der Waals surface area (Å²) in [5.74, 6) is 1.13. The third-order valence-electron chi connectivity index (χ3n) is 4.06. The zero-order valence-corrected chi connectivity index (χ0v) is 15.6. The molecule has 1 atom stereocenters. The van der Waals surface area contributed by atoms with Gasteiger partial charge in [-0.1, -0.05) is 19.1 Å². The molecule has 1 unspecified atom stereocenters. The van der Waals surface area contributed by atoms with Crippen molar-refractivity contribution in [2.24, 2.45) is 0 Å². The number of aliphatic hydroxyl groups is 1. The van der Waals surface area contributed by atoms with E-state index in [-0.39, 0.29) is 19.5 Å². The van der Waals surface area contributed by atoms with Gasteiger partial charge in [-0.05, 0) is 41.8 Å². The third kappa shape index (κ3) is 4.39. The largest absolute Gasteiger partial charge is 0.464 e. The Hall–Kier alpha value is -2.61. The fourth-order valence-corrected chi connectivity index (χ4v) is 2.64. The molecule has 3 aromatic rings. The lowest BCUT2D eigenvalue weighted by Gasteiger charge is -2.14. The highest BCUT2D eigenvalue weighted by atomic mass is 16.7. The molecule has 7 nitrogen and oxygen atoms in total. The van der Waals surface area contributed by atoms with Crippen molar-refractivity contribution in [1.29, 1.82) is 0 Å². The van der Waals surface area contributed by atoms with Gasteiger partial charge in [0.25, 0.3) is 0 Å². The quantitative estimate of drug-likeness (QED) is 0.575. The summed E-state index contributed by atoms with van der Waals surface area (Å²) in [7, 11) is 3.06. The second-order valence-corrected chi connectivity index (χ2v) is 5.92. The molecular weight excluding hydrogens is 350 g/mol. The summed E-state index contributed by atoms with van der Waals surface area (Å²) < 4.78 is 26.6. The van der Waals surface area contributed by atoms with Crippen LogP contribution in [0.5, 0.6) is 11.5 Å². The van der Waals surface area contributed by atoms with Gasteiger partial charge in [0, 0.05) is 14.2 Å². The summed E-state index contributed by atoms with van der Waals surface area (Å²) in [6.07, 6.45) is -0.138. The van der Waals surface area contributed by atoms with Crippen LogP contribution in [-0.4, -0.2) is 37.9 Å². The van der Waals surface area contributed by atoms with Gasteiger partial charge in [0.2, 0.25) is 5.89 Å². The first-order valence-electron chi connectivity index (χ1n) is 8.61. The molecule has 0 fully saturated rings. The van der Waals surface area contributed by atoms with Gasteiger partial charge in [0.1, 0.15) is 5.52 Å². The number of aromatic nitrogens is 1. The second-order valence-electron chi connectivity index (χ2n) is 5.92. The molecule has 144 valence electrons. The van der Waals surface area contributed by atoms with E-state index in [1.54, 1.807) is 18.2 Å². The van der Waals surface area contributed by atoms with Crippen LogP contribution in [0.2, 0.25) is 0 Å². The van der Waals surface area contributed by atoms with Crippen molar-refractivity contribution in [1.82, 2.24) is 4.98 Å². The Kier molecular flexibility index (Phi) is 6.28. The summed E-state index contributed by atoms with van der Waals surface area (Å²) in [5.41, 5.74) is 3.07. The summed E-state index contributed by atoms with van der Waals surface area (Å²) in [6.45, 7) is 2.20. The lowest BCUT2D eigenvalue weighted by molar-refractivity contribution is 0.0320. The first-order valence-corrected chi connectivity index (χ1v) is 8.61. The molecule has 1 N–H and O–H groups in total. The number of oxazole rings is 1. The number of aliphatic hydroxyl groups excluding tert-OH is 1. The third-order valence-corrected chi connectivity index (χ3v) is 4.06. The van der Waals surface area contributed by atoms with Gasteiger partial charge in [0.15, 0.2) is 36.8 Å². The number of methoxy groups -OCH3 is 2. The summed E-state index contributed by atoms with van der Waals surface area (Å²) in [6, 6.07) is 10.9. The summed E-state index contributed by atoms with van der Waals surface area (Å²) in [5, 5.41) is 10.7. The number of ether oxygens (including phenoxy) is 4. The zero-order chi connectivity index (χ0) is 19.2. The lowest BCUT2D eigenvalue weighted by Crippen LogP contribution is -2.06. The van der Waals surface area contributed by atoms with Crippen LogP contribution in [0.1, 0.15) is 30.0 Å². The van der Waals surface area contributed by atoms with Gasteiger partial charge in [-0.25, -0.2) is 4.98 Å². The maximum Gasteiger partial charge on any atom is 0.229 e. The molecule has 0 aliphatic heterocycles. The van der Waals surface area contributed by atoms with Gasteiger partial charge in [-0.3, -0.25) is 0 Å². The van der Waals surface area contributed by atoms with Gasteiger partial charge >= 0.3 is 0 Å². The first-order chi connectivity index (χ1) is 13.2. The number of aryl methyl sites for hydroxylation is 1. The van der Waals surface area contributed by atoms with Crippen molar-refractivity contribution in [2.75, 3.05) is 27.8 Å². The molecular formula is C20H23NO6. The van der Waals surface area contributed by atoms with E-state index in [0.717, 1.165) is 12.0 Å². The fraction of sp³-hybridized carbons (Fsp3) is 0.350. The van der Waals surface area contributed by atoms with Gasteiger partial charge in [0.05, 0.1) is 0 Å². The highest BCUT2D eigenvalue weighted by Gasteiger charge is 2.20. The average molecular weight is 373 g/mol. The van der Waals surface area contributed by atoms with Gasteiger partial charge < -0.3 is 28.5 Å². The minimum atomic E-state index is -1.04. The van der Waals surface area contributed by atoms with Crippen LogP contribution < -0.4 is 9.47 Å². The molecule has 0 saturated carbocycles. The summed E-state index contributed by atoms with van der Waals surface area (Å²) in [4.78, 5) is 4.39. The van der Waals surface area contributed by atoms with E-state index in [0.29, 0.717) is 28.2 Å². The van der Waals surface area contributed by atoms with E-state index in [9.17, 15) is 5.11 Å². The Bertz CT molecular complexity index is 891. The van der Waals surface area contributed by atoms with Crippen molar-refractivity contribution >= 4 is 11.1 Å². The molecule has 0 spiro atoms. The predicted molar refractivity (Wildman–Crippen MR) is 98.9 cm³/mol. The maximum absolute atomic E-state index is 10.7. The lowest BCUT2D eigenvalue weighted by atomic mass is 10.1. The highest BCUT2D eigenvalue weighted by molar-refractivity contribution is 5.73. The standard InChI is InChI=1S/C20H23NO6/c1-4-13-5-7-15-17(9-13)27-20(21-15)19(22)14-6-8-16(25-11-23-2)18(10-14)26-12-24-3/h5-10,19,22H,4,11-12H2,1-3H3. The van der Waals surface area contributed by atoms with Crippen LogP contribution >= 0.6 is 0 Å². The molecule has 0 amide bonds. The monoisotopic (exact) mass is 373 g/mol. The minimum absolute atomic E-state index is 0.0472. The van der Waals surface area contributed by atoms with Crippen molar-refractivity contribution < 1.29 is 28.5 Å². The molecule has 0 radical (unpaired) electrons. The van der Waals surface area contributed by atoms with E-state index in [1.807, 2.05) is 18.2 Å². The van der Waals surface area contributed by atoms with Crippen molar-refractivity contribution in [3.8, 4) is 11.5 Å². The molecule has 0 bridgehead atoms. The molecule has 0 aliphatic rings. The van der Waals surface area contributed by atoms with E-state index >= 15 is 0 Å². The molecule has 1 aromatic heterocycles. The average Bonchev–Trinajstić information content (AvgIpc) is 3.13. The topological polar surface area (TPSA) is 83.2 Å². The van der Waals surface area contributed by atoms with Crippen LogP contribution in [0.25, 0.3) is 11.1 Å². The predicted octanol–water partition coefficient (Wildman–Crippen LogP) is 3.44. The van der Waals surface area contributed by atoms with E-state index in [4.69, 9.17) is 23.4 Å². The molecule has 0 aliphatic carbocycles. The second kappa shape index (κ2) is 8.85. The van der Waals surface area contributed by atoms with Crippen LogP contribution in [0.4, 0.5) is 0 Å². The Morgan fingerprint density at radius 1 is 1.00 bits per heavy atom. The Morgan fingerprint density at radius 3 is 2.44 bits per heavy atom. The molecule has 0 saturated heterocycles. The van der Waals surface area contributed by atoms with Crippen LogP contribution in [0, 0.1) is 0 Å². The van der Waals surface area contributed by atoms with Crippen LogP contribution in [0.15, 0.2) is 40.8 Å². The number of hydrogen-bond acceptors (Lipinski definition) is 7. The van der Waals surface area contributed by atoms with Crippen molar-refractivity contribution in [3.63, 3.8) is 0 Å². The first kappa shape index (κ1) is 19.2.